The van der Waals surface area contributed by atoms with Crippen LogP contribution in [0.2, 0.25) is 14.8 Å². The Morgan fingerprint density at radius 2 is 1.09 bits per heavy atom. The van der Waals surface area contributed by atoms with E-state index < -0.39 is 25.9 Å². The molecule has 0 unspecified atom stereocenters. The summed E-state index contributed by atoms with van der Waals surface area (Å²) in [4.78, 5) is 7.57. The molecule has 1 heterocycles. The van der Waals surface area contributed by atoms with Crippen molar-refractivity contribution in [2.24, 2.45) is 0 Å². The minimum atomic E-state index is -2.15. The molecule has 0 aliphatic rings. The summed E-state index contributed by atoms with van der Waals surface area (Å²) in [5, 5.41) is 7.54. The van der Waals surface area contributed by atoms with Crippen LogP contribution in [0.5, 0.6) is 0 Å². The molecule has 0 radical (unpaired) electrons. The van der Waals surface area contributed by atoms with E-state index in [-0.39, 0.29) is 0 Å². The third-order valence-electron chi connectivity index (χ3n) is 4.53. The van der Waals surface area contributed by atoms with Gasteiger partial charge in [0.15, 0.2) is 0 Å². The van der Waals surface area contributed by atoms with Crippen molar-refractivity contribution >= 4 is 50.5 Å². The molecule has 4 rings (SSSR count). The first-order valence-electron chi connectivity index (χ1n) is 8.15. The Kier molecular flexibility index (Phi) is 3.78. The van der Waals surface area contributed by atoms with Crippen LogP contribution in [0.1, 0.15) is 0 Å². The van der Waals surface area contributed by atoms with Crippen LogP contribution in [0.3, 0.4) is 0 Å². The fourth-order valence-electron chi connectivity index (χ4n) is 3.48. The number of rotatable bonds is 2. The molecule has 1 aromatic heterocycles. The average Bonchev–Trinajstić information content (AvgIpc) is 2.88. The average molecular weight is 423 g/mol. The molecule has 0 saturated carbocycles. The number of benzene rings is 3. The van der Waals surface area contributed by atoms with Gasteiger partial charge in [0.25, 0.3) is 0 Å². The van der Waals surface area contributed by atoms with E-state index in [0.717, 1.165) is 0 Å². The molecule has 0 fully saturated rings. The molecule has 0 aliphatic carbocycles. The molecule has 3 aromatic carbocycles. The van der Waals surface area contributed by atoms with E-state index in [9.17, 15) is 0 Å². The number of hydrogen-bond donors (Lipinski definition) is 0. The van der Waals surface area contributed by atoms with Gasteiger partial charge >= 0.3 is 143 Å². The van der Waals surface area contributed by atoms with Crippen LogP contribution in [0.25, 0.3) is 26.3 Å². The molecule has 0 amide bonds. The molecule has 0 nitrogen and oxygen atoms in total. The monoisotopic (exact) mass is 424 g/mol. The van der Waals surface area contributed by atoms with Crippen LogP contribution < -0.4 is 3.58 Å². The fraction of sp³-hybridized carbons (Fsp3) is 0.143. The first-order chi connectivity index (χ1) is 11.1. The van der Waals surface area contributed by atoms with Gasteiger partial charge in [0.1, 0.15) is 0 Å². The van der Waals surface area contributed by atoms with Gasteiger partial charge in [0.05, 0.1) is 0 Å². The van der Waals surface area contributed by atoms with Crippen LogP contribution in [0, 0.1) is 0 Å². The molecular weight excluding hydrogens is 402 g/mol. The summed E-state index contributed by atoms with van der Waals surface area (Å²) in [5.74, 6) is 0. The van der Waals surface area contributed by atoms with Crippen molar-refractivity contribution in [3.63, 3.8) is 0 Å². The van der Waals surface area contributed by atoms with Gasteiger partial charge in [0.2, 0.25) is 0 Å². The van der Waals surface area contributed by atoms with Gasteiger partial charge in [-0.25, -0.2) is 0 Å². The third-order valence-corrected chi connectivity index (χ3v) is 13.6. The molecule has 0 aliphatic heterocycles. The molecule has 0 atom stereocenters. The van der Waals surface area contributed by atoms with Crippen LogP contribution in [-0.4, -0.2) is 18.4 Å². The second-order valence-electron chi connectivity index (χ2n) is 7.14. The zero-order valence-corrected chi connectivity index (χ0v) is 17.6. The van der Waals surface area contributed by atoms with E-state index in [1.54, 1.807) is 8.88 Å². The Morgan fingerprint density at radius 3 is 1.65 bits per heavy atom. The van der Waals surface area contributed by atoms with Crippen molar-refractivity contribution in [3.05, 3.63) is 72.8 Å². The van der Waals surface area contributed by atoms with Gasteiger partial charge in [-0.05, 0) is 0 Å². The number of hydrogen-bond acceptors (Lipinski definition) is 0. The van der Waals surface area contributed by atoms with E-state index in [2.05, 4.69) is 87.6 Å². The van der Waals surface area contributed by atoms with Crippen molar-refractivity contribution in [1.29, 1.82) is 0 Å². The van der Waals surface area contributed by atoms with Gasteiger partial charge in [0, 0.05) is 0 Å². The summed E-state index contributed by atoms with van der Waals surface area (Å²) in [5.41, 5.74) is 0. The maximum absolute atomic E-state index is 2.52. The second kappa shape index (κ2) is 5.68. The Morgan fingerprint density at radius 1 is 0.609 bits per heavy atom. The summed E-state index contributed by atoms with van der Waals surface area (Å²) in [6.45, 7) is 0. The first kappa shape index (κ1) is 15.3. The van der Waals surface area contributed by atoms with Gasteiger partial charge in [-0.3, -0.25) is 0 Å². The predicted octanol–water partition coefficient (Wildman–Crippen LogP) is 6.51. The molecule has 0 N–H and O–H groups in total. The van der Waals surface area contributed by atoms with Crippen molar-refractivity contribution < 1.29 is 0 Å². The predicted molar refractivity (Wildman–Crippen MR) is 108 cm³/mol. The van der Waals surface area contributed by atoms with E-state index in [0.29, 0.717) is 0 Å². The molecule has 114 valence electrons. The summed E-state index contributed by atoms with van der Waals surface area (Å²) >= 11 is -2.15. The second-order valence-corrected chi connectivity index (χ2v) is 23.6. The van der Waals surface area contributed by atoms with Gasteiger partial charge in [-0.1, -0.05) is 0 Å². The first-order valence-corrected chi connectivity index (χ1v) is 19.5. The molecule has 23 heavy (non-hydrogen) atoms. The number of fused-ring (bicyclic) bond motifs is 3. The summed E-state index contributed by atoms with van der Waals surface area (Å²) in [6.07, 6.45) is 0. The zero-order valence-electron chi connectivity index (χ0n) is 13.9. The topological polar surface area (TPSA) is 0 Å². The molecular formula is C21H21PSn. The van der Waals surface area contributed by atoms with Crippen molar-refractivity contribution in [2.45, 2.75) is 14.8 Å². The standard InChI is InChI=1S/C18H12P.3CH3.Sn/c1-2-8-14(9-3-1)19-17-12-6-4-10-15(17)16-11-5-7-13-18(16)19;;;;/h1-8,10-13H;3*1H3;. The van der Waals surface area contributed by atoms with Crippen LogP contribution in [0.4, 0.5) is 0 Å². The Labute approximate surface area is 143 Å². The van der Waals surface area contributed by atoms with E-state index in [1.807, 2.05) is 0 Å². The molecule has 4 aromatic rings. The quantitative estimate of drug-likeness (QED) is 0.323. The van der Waals surface area contributed by atoms with E-state index >= 15 is 0 Å². The Bertz CT molecular complexity index is 952. The third kappa shape index (κ3) is 2.53. The molecule has 0 saturated heterocycles. The molecule has 0 spiro atoms. The van der Waals surface area contributed by atoms with Gasteiger partial charge in [-0.15, -0.1) is 0 Å². The van der Waals surface area contributed by atoms with Crippen molar-refractivity contribution in [1.82, 2.24) is 0 Å². The zero-order chi connectivity index (χ0) is 16.0. The van der Waals surface area contributed by atoms with Crippen LogP contribution in [0.15, 0.2) is 72.8 Å². The summed E-state index contributed by atoms with van der Waals surface area (Å²) in [7, 11) is -0.404. The van der Waals surface area contributed by atoms with Crippen LogP contribution in [-0.2, 0) is 0 Å². The van der Waals surface area contributed by atoms with Gasteiger partial charge in [-0.2, -0.15) is 0 Å². The fourth-order valence-corrected chi connectivity index (χ4v) is 13.5. The van der Waals surface area contributed by atoms with E-state index in [1.165, 1.54) is 21.0 Å². The van der Waals surface area contributed by atoms with Crippen molar-refractivity contribution in [2.75, 3.05) is 0 Å². The molecule has 2 heteroatoms. The Hall–Kier alpha value is -1.24. The Balaban J connectivity index is 2.18. The summed E-state index contributed by atoms with van der Waals surface area (Å²) in [6, 6.07) is 27.2. The molecule has 0 bridgehead atoms. The maximum atomic E-state index is 2.52. The summed E-state index contributed by atoms with van der Waals surface area (Å²) < 4.78 is 1.68. The van der Waals surface area contributed by atoms with Crippen LogP contribution >= 0.6 is 7.53 Å². The van der Waals surface area contributed by atoms with Crippen molar-refractivity contribution in [3.8, 4) is 5.30 Å². The normalized spacial score (nSPS) is 12.1. The minimum absolute atomic E-state index is 0.404. The van der Waals surface area contributed by atoms with Gasteiger partial charge < -0.3 is 0 Å². The SMILES string of the molecule is [CH3][Sn]([CH3])([CH3])[c]1ccccc1-p1c2ccccc2c2ccccc21. The van der Waals surface area contributed by atoms with E-state index in [4.69, 9.17) is 0 Å².